The Balaban J connectivity index is 1.54. The second-order valence-corrected chi connectivity index (χ2v) is 11.5. The van der Waals surface area contributed by atoms with E-state index in [4.69, 9.17) is 0 Å². The number of aliphatic hydroxyl groups is 1. The van der Waals surface area contributed by atoms with Gasteiger partial charge in [0.1, 0.15) is 0 Å². The van der Waals surface area contributed by atoms with E-state index in [0.29, 0.717) is 24.1 Å². The van der Waals surface area contributed by atoms with Crippen molar-refractivity contribution >= 4 is 26.6 Å². The Morgan fingerprint density at radius 1 is 0.974 bits per heavy atom. The lowest BCUT2D eigenvalue weighted by molar-refractivity contribution is -0.137. The van der Waals surface area contributed by atoms with Gasteiger partial charge >= 0.3 is 6.18 Å². The first kappa shape index (κ1) is 28.4. The van der Waals surface area contributed by atoms with Gasteiger partial charge in [-0.05, 0) is 66.6 Å². The van der Waals surface area contributed by atoms with Crippen molar-refractivity contribution in [3.63, 3.8) is 0 Å². The molecule has 1 amide bonds. The van der Waals surface area contributed by atoms with Gasteiger partial charge in [-0.3, -0.25) is 4.79 Å². The van der Waals surface area contributed by atoms with E-state index in [1.807, 2.05) is 19.1 Å². The van der Waals surface area contributed by atoms with Crippen LogP contribution in [-0.4, -0.2) is 36.4 Å². The van der Waals surface area contributed by atoms with Crippen molar-refractivity contribution in [2.45, 2.75) is 43.9 Å². The lowest BCUT2D eigenvalue weighted by atomic mass is 10.1. The second-order valence-electron chi connectivity index (χ2n) is 9.21. The van der Waals surface area contributed by atoms with Gasteiger partial charge in [0, 0.05) is 35.1 Å². The summed E-state index contributed by atoms with van der Waals surface area (Å²) < 4.78 is 64.9. The molecule has 6 nitrogen and oxygen atoms in total. The first-order valence-electron chi connectivity index (χ1n) is 12.5. The Morgan fingerprint density at radius 2 is 1.64 bits per heavy atom. The van der Waals surface area contributed by atoms with Crippen LogP contribution in [0.15, 0.2) is 77.7 Å². The number of hydrogen-bond acceptors (Lipinski definition) is 4. The third-order valence-corrected chi connectivity index (χ3v) is 8.49. The topological polar surface area (TPSA) is 88.4 Å². The van der Waals surface area contributed by atoms with Gasteiger partial charge in [0.25, 0.3) is 5.91 Å². The number of benzene rings is 3. The number of carbonyl (C=O) groups excluding carboxylic acids is 1. The highest BCUT2D eigenvalue weighted by atomic mass is 32.2. The van der Waals surface area contributed by atoms with Crippen molar-refractivity contribution < 1.29 is 31.5 Å². The SMILES string of the molecule is CCn1c(Cc2ccc(C(F)(F)F)cc2)cc2cc(C(=O)N[C@@H](CO)c3ccc(S(=O)(=O)CC)cc3)ccc21. The number of aliphatic hydroxyl groups excluding tert-OH is 1. The zero-order valence-electron chi connectivity index (χ0n) is 21.5. The van der Waals surface area contributed by atoms with Gasteiger partial charge in [0.05, 0.1) is 28.9 Å². The maximum atomic E-state index is 13.1. The van der Waals surface area contributed by atoms with Crippen LogP contribution in [0.1, 0.15) is 52.6 Å². The Labute approximate surface area is 225 Å². The van der Waals surface area contributed by atoms with Crippen LogP contribution in [0.25, 0.3) is 10.9 Å². The molecule has 0 bridgehead atoms. The summed E-state index contributed by atoms with van der Waals surface area (Å²) in [6.45, 7) is 3.79. The molecule has 0 aliphatic rings. The molecule has 0 saturated carbocycles. The standard InChI is InChI=1S/C29H29F3N2O4S/c1-3-34-24(15-19-5-10-23(11-6-19)29(30,31)32)17-22-16-21(9-14-27(22)34)28(36)33-26(18-35)20-7-12-25(13-8-20)39(37,38)4-2/h5-14,16-17,26,35H,3-4,15,18H2,1-2H3,(H,33,36)/t26-/m0/s1. The zero-order valence-corrected chi connectivity index (χ0v) is 22.3. The molecule has 39 heavy (non-hydrogen) atoms. The zero-order chi connectivity index (χ0) is 28.4. The van der Waals surface area contributed by atoms with E-state index in [9.17, 15) is 31.5 Å². The summed E-state index contributed by atoms with van der Waals surface area (Å²) in [6, 6.07) is 17.6. The van der Waals surface area contributed by atoms with Gasteiger partial charge in [0.15, 0.2) is 9.84 Å². The summed E-state index contributed by atoms with van der Waals surface area (Å²) in [6.07, 6.45) is -3.96. The van der Waals surface area contributed by atoms with E-state index in [1.165, 1.54) is 24.3 Å². The number of rotatable bonds is 9. The number of aryl methyl sites for hydroxylation is 1. The molecule has 10 heteroatoms. The predicted octanol–water partition coefficient (Wildman–Crippen LogP) is 5.53. The van der Waals surface area contributed by atoms with Crippen LogP contribution in [-0.2, 0) is 29.0 Å². The van der Waals surface area contributed by atoms with Gasteiger partial charge in [0.2, 0.25) is 0 Å². The summed E-state index contributed by atoms with van der Waals surface area (Å²) in [7, 11) is -3.36. The van der Waals surface area contributed by atoms with Crippen molar-refractivity contribution in [1.29, 1.82) is 0 Å². The summed E-state index contributed by atoms with van der Waals surface area (Å²) in [4.78, 5) is 13.2. The maximum Gasteiger partial charge on any atom is 0.416 e. The van der Waals surface area contributed by atoms with E-state index in [0.717, 1.165) is 34.3 Å². The van der Waals surface area contributed by atoms with Crippen molar-refractivity contribution in [3.8, 4) is 0 Å². The number of halogens is 3. The highest BCUT2D eigenvalue weighted by Gasteiger charge is 2.30. The number of hydrogen-bond donors (Lipinski definition) is 2. The molecule has 1 atom stereocenters. The molecule has 1 heterocycles. The molecule has 0 unspecified atom stereocenters. The summed E-state index contributed by atoms with van der Waals surface area (Å²) in [5.74, 6) is -0.435. The van der Waals surface area contributed by atoms with E-state index in [-0.39, 0.29) is 17.3 Å². The van der Waals surface area contributed by atoms with Crippen molar-refractivity contribution in [2.75, 3.05) is 12.4 Å². The maximum absolute atomic E-state index is 13.1. The first-order valence-corrected chi connectivity index (χ1v) is 14.1. The summed E-state index contributed by atoms with van der Waals surface area (Å²) in [5, 5.41) is 13.5. The summed E-state index contributed by atoms with van der Waals surface area (Å²) >= 11 is 0. The first-order chi connectivity index (χ1) is 18.5. The van der Waals surface area contributed by atoms with Gasteiger partial charge in [-0.1, -0.05) is 31.2 Å². The smallest absolute Gasteiger partial charge is 0.394 e. The van der Waals surface area contributed by atoms with E-state index in [1.54, 1.807) is 31.2 Å². The Bertz CT molecular complexity index is 1580. The molecule has 4 aromatic rings. The number of aromatic nitrogens is 1. The Morgan fingerprint density at radius 3 is 2.21 bits per heavy atom. The molecular formula is C29H29F3N2O4S. The molecule has 2 N–H and O–H groups in total. The highest BCUT2D eigenvalue weighted by Crippen LogP contribution is 2.30. The predicted molar refractivity (Wildman–Crippen MR) is 143 cm³/mol. The van der Waals surface area contributed by atoms with Gasteiger partial charge in [-0.2, -0.15) is 13.2 Å². The van der Waals surface area contributed by atoms with Crippen LogP contribution >= 0.6 is 0 Å². The molecule has 206 valence electrons. The van der Waals surface area contributed by atoms with Crippen LogP contribution in [0.4, 0.5) is 13.2 Å². The third-order valence-electron chi connectivity index (χ3n) is 6.74. The third kappa shape index (κ3) is 6.17. The van der Waals surface area contributed by atoms with Crippen LogP contribution in [0.2, 0.25) is 0 Å². The molecule has 0 aliphatic heterocycles. The number of fused-ring (bicyclic) bond motifs is 1. The monoisotopic (exact) mass is 558 g/mol. The molecule has 1 aromatic heterocycles. The fourth-order valence-corrected chi connectivity index (χ4v) is 5.44. The average molecular weight is 559 g/mol. The quantitative estimate of drug-likeness (QED) is 0.283. The number of nitrogens with zero attached hydrogens (tertiary/aromatic N) is 1. The number of alkyl halides is 3. The molecule has 0 spiro atoms. The lowest BCUT2D eigenvalue weighted by Crippen LogP contribution is -2.30. The average Bonchev–Trinajstić information content (AvgIpc) is 3.27. The highest BCUT2D eigenvalue weighted by molar-refractivity contribution is 7.91. The van der Waals surface area contributed by atoms with Gasteiger partial charge in [-0.25, -0.2) is 8.42 Å². The molecule has 4 rings (SSSR count). The van der Waals surface area contributed by atoms with E-state index >= 15 is 0 Å². The van der Waals surface area contributed by atoms with Gasteiger partial charge < -0.3 is 15.0 Å². The lowest BCUT2D eigenvalue weighted by Gasteiger charge is -2.17. The molecule has 0 fully saturated rings. The van der Waals surface area contributed by atoms with Crippen LogP contribution in [0.5, 0.6) is 0 Å². The van der Waals surface area contributed by atoms with Crippen molar-refractivity contribution in [3.05, 3.63) is 101 Å². The fourth-order valence-electron chi connectivity index (χ4n) is 4.56. The van der Waals surface area contributed by atoms with Crippen molar-refractivity contribution in [2.24, 2.45) is 0 Å². The summed E-state index contributed by atoms with van der Waals surface area (Å²) in [5.41, 5.74) is 2.78. The van der Waals surface area contributed by atoms with Crippen LogP contribution < -0.4 is 5.32 Å². The molecule has 0 radical (unpaired) electrons. The molecule has 3 aromatic carbocycles. The molecular weight excluding hydrogens is 529 g/mol. The minimum Gasteiger partial charge on any atom is -0.394 e. The minimum atomic E-state index is -4.39. The minimum absolute atomic E-state index is 0.0270. The Kier molecular flexibility index (Phi) is 8.17. The number of nitrogens with one attached hydrogen (secondary N) is 1. The number of amides is 1. The second kappa shape index (κ2) is 11.2. The fraction of sp³-hybridized carbons (Fsp3) is 0.276. The number of carbonyl (C=O) groups is 1. The Hall–Kier alpha value is -3.63. The van der Waals surface area contributed by atoms with E-state index in [2.05, 4.69) is 9.88 Å². The van der Waals surface area contributed by atoms with Gasteiger partial charge in [-0.15, -0.1) is 0 Å². The normalized spacial score (nSPS) is 13.0. The largest absolute Gasteiger partial charge is 0.416 e. The van der Waals surface area contributed by atoms with Crippen molar-refractivity contribution in [1.82, 2.24) is 9.88 Å². The molecule has 0 saturated heterocycles. The molecule has 0 aliphatic carbocycles. The van der Waals surface area contributed by atoms with Crippen LogP contribution in [0.3, 0.4) is 0 Å². The van der Waals surface area contributed by atoms with Crippen LogP contribution in [0, 0.1) is 0 Å². The number of sulfone groups is 1. The van der Waals surface area contributed by atoms with E-state index < -0.39 is 33.5 Å².